The topological polar surface area (TPSA) is 79.3 Å². The van der Waals surface area contributed by atoms with Gasteiger partial charge in [0.2, 0.25) is 0 Å². The highest BCUT2D eigenvalue weighted by molar-refractivity contribution is 6.46. The highest BCUT2D eigenvalue weighted by Gasteiger charge is 2.46. The summed E-state index contributed by atoms with van der Waals surface area (Å²) in [5.74, 6) is -0.337. The lowest BCUT2D eigenvalue weighted by atomic mass is 9.95. The number of carbonyl (C=O) groups is 2. The molecule has 0 saturated carbocycles. The normalized spacial score (nSPS) is 17.3. The third kappa shape index (κ3) is 5.85. The summed E-state index contributed by atoms with van der Waals surface area (Å²) < 4.78 is 11.3. The molecule has 1 atom stereocenters. The molecular formula is C28H36N2O5. The number of benzene rings is 2. The Morgan fingerprint density at radius 1 is 1.03 bits per heavy atom. The van der Waals surface area contributed by atoms with E-state index in [1.165, 1.54) is 0 Å². The maximum Gasteiger partial charge on any atom is 0.295 e. The highest BCUT2D eigenvalue weighted by atomic mass is 16.5. The van der Waals surface area contributed by atoms with E-state index in [1.807, 2.05) is 19.1 Å². The molecule has 7 nitrogen and oxygen atoms in total. The van der Waals surface area contributed by atoms with Gasteiger partial charge in [0, 0.05) is 12.1 Å². The number of hydrogen-bond acceptors (Lipinski definition) is 6. The van der Waals surface area contributed by atoms with Gasteiger partial charge in [0.1, 0.15) is 5.76 Å². The molecule has 0 radical (unpaired) electrons. The molecule has 1 saturated heterocycles. The van der Waals surface area contributed by atoms with Crippen LogP contribution in [0.15, 0.2) is 54.1 Å². The van der Waals surface area contributed by atoms with Crippen molar-refractivity contribution in [2.45, 2.75) is 39.7 Å². The minimum atomic E-state index is -0.721. The van der Waals surface area contributed by atoms with Gasteiger partial charge in [0.15, 0.2) is 11.5 Å². The van der Waals surface area contributed by atoms with Crippen molar-refractivity contribution in [1.82, 2.24) is 9.80 Å². The van der Waals surface area contributed by atoms with E-state index in [9.17, 15) is 14.7 Å². The first kappa shape index (κ1) is 26.3. The monoisotopic (exact) mass is 480 g/mol. The summed E-state index contributed by atoms with van der Waals surface area (Å²) in [6.45, 7) is 9.83. The third-order valence-electron chi connectivity index (χ3n) is 6.32. The Morgan fingerprint density at radius 3 is 2.37 bits per heavy atom. The smallest absolute Gasteiger partial charge is 0.295 e. The van der Waals surface area contributed by atoms with E-state index in [0.717, 1.165) is 26.1 Å². The van der Waals surface area contributed by atoms with Crippen molar-refractivity contribution in [3.8, 4) is 11.5 Å². The zero-order valence-electron chi connectivity index (χ0n) is 21.1. The first-order valence-electron chi connectivity index (χ1n) is 12.3. The molecule has 7 heteroatoms. The average Bonchev–Trinajstić information content (AvgIpc) is 3.14. The zero-order chi connectivity index (χ0) is 25.4. The van der Waals surface area contributed by atoms with Gasteiger partial charge in [-0.3, -0.25) is 9.59 Å². The van der Waals surface area contributed by atoms with Crippen LogP contribution in [0.2, 0.25) is 0 Å². The molecule has 1 amide bonds. The second-order valence-corrected chi connectivity index (χ2v) is 8.50. The second-order valence-electron chi connectivity index (χ2n) is 8.50. The number of likely N-dealkylation sites (tertiary alicyclic amines) is 1. The predicted octanol–water partition coefficient (Wildman–Crippen LogP) is 4.64. The van der Waals surface area contributed by atoms with Crippen molar-refractivity contribution in [1.29, 1.82) is 0 Å². The number of aliphatic hydroxyl groups is 1. The summed E-state index contributed by atoms with van der Waals surface area (Å²) in [5, 5.41) is 11.2. The van der Waals surface area contributed by atoms with Gasteiger partial charge in [0.05, 0.1) is 25.3 Å². The Balaban J connectivity index is 2.05. The van der Waals surface area contributed by atoms with E-state index in [0.29, 0.717) is 42.2 Å². The van der Waals surface area contributed by atoms with Crippen LogP contribution < -0.4 is 9.47 Å². The predicted molar refractivity (Wildman–Crippen MR) is 137 cm³/mol. The van der Waals surface area contributed by atoms with Gasteiger partial charge in [-0.2, -0.15) is 0 Å². The zero-order valence-corrected chi connectivity index (χ0v) is 21.1. The van der Waals surface area contributed by atoms with E-state index >= 15 is 0 Å². The van der Waals surface area contributed by atoms with Crippen molar-refractivity contribution in [3.05, 3.63) is 65.2 Å². The van der Waals surface area contributed by atoms with Crippen LogP contribution in [0.1, 0.15) is 50.8 Å². The molecule has 3 rings (SSSR count). The fraction of sp³-hybridized carbons (Fsp3) is 0.429. The van der Waals surface area contributed by atoms with E-state index in [2.05, 4.69) is 18.7 Å². The molecule has 0 bridgehead atoms. The molecule has 0 aliphatic carbocycles. The third-order valence-corrected chi connectivity index (χ3v) is 6.32. The molecule has 1 aliphatic rings. The van der Waals surface area contributed by atoms with Crippen LogP contribution in [0.25, 0.3) is 5.76 Å². The number of Topliss-reactive ketones (excluding diaryl/α,β-unsaturated/α-hetero) is 1. The van der Waals surface area contributed by atoms with Crippen molar-refractivity contribution in [3.63, 3.8) is 0 Å². The fourth-order valence-electron chi connectivity index (χ4n) is 4.40. The van der Waals surface area contributed by atoms with Crippen LogP contribution in [0.3, 0.4) is 0 Å². The molecule has 1 fully saturated rings. The largest absolute Gasteiger partial charge is 0.507 e. The van der Waals surface area contributed by atoms with Gasteiger partial charge in [-0.25, -0.2) is 0 Å². The van der Waals surface area contributed by atoms with Crippen molar-refractivity contribution < 1.29 is 24.2 Å². The standard InChI is InChI=1S/C28H36N2O5/c1-5-18-35-22-15-14-21(19-23(22)34-4)25-24(26(31)20-12-9-8-10-13-20)27(32)28(33)30(25)17-11-16-29(6-2)7-3/h8-10,12-15,19,25,31H,5-7,11,16-18H2,1-4H3/t25-/m1/s1. The van der Waals surface area contributed by atoms with Crippen molar-refractivity contribution >= 4 is 17.4 Å². The first-order chi connectivity index (χ1) is 17.0. The van der Waals surface area contributed by atoms with Gasteiger partial charge >= 0.3 is 0 Å². The van der Waals surface area contributed by atoms with Gasteiger partial charge in [-0.1, -0.05) is 57.2 Å². The molecule has 1 N–H and O–H groups in total. The molecule has 0 unspecified atom stereocenters. The number of aliphatic hydroxyl groups excluding tert-OH is 1. The van der Waals surface area contributed by atoms with Crippen molar-refractivity contribution in [2.75, 3.05) is 39.9 Å². The Morgan fingerprint density at radius 2 is 1.74 bits per heavy atom. The van der Waals surface area contributed by atoms with Crippen LogP contribution in [0.5, 0.6) is 11.5 Å². The lowest BCUT2D eigenvalue weighted by Crippen LogP contribution is -2.33. The van der Waals surface area contributed by atoms with Gasteiger partial charge in [-0.15, -0.1) is 0 Å². The van der Waals surface area contributed by atoms with Crippen molar-refractivity contribution in [2.24, 2.45) is 0 Å². The number of methoxy groups -OCH3 is 1. The number of hydrogen-bond donors (Lipinski definition) is 1. The number of amides is 1. The summed E-state index contributed by atoms with van der Waals surface area (Å²) in [5.41, 5.74) is 1.27. The summed E-state index contributed by atoms with van der Waals surface area (Å²) in [6.07, 6.45) is 1.57. The summed E-state index contributed by atoms with van der Waals surface area (Å²) >= 11 is 0. The Bertz CT molecular complexity index is 1050. The second kappa shape index (κ2) is 12.4. The number of ether oxygens (including phenoxy) is 2. The van der Waals surface area contributed by atoms with Gasteiger partial charge < -0.3 is 24.4 Å². The molecule has 188 valence electrons. The molecule has 35 heavy (non-hydrogen) atoms. The Kier molecular flexibility index (Phi) is 9.32. The van der Waals surface area contributed by atoms with E-state index in [4.69, 9.17) is 9.47 Å². The SMILES string of the molecule is CCCOc1ccc([C@@H]2C(=C(O)c3ccccc3)C(=O)C(=O)N2CCCN(CC)CC)cc1OC. The van der Waals surface area contributed by atoms with Crippen LogP contribution in [-0.2, 0) is 9.59 Å². The molecule has 0 spiro atoms. The molecular weight excluding hydrogens is 444 g/mol. The minimum Gasteiger partial charge on any atom is -0.507 e. The quantitative estimate of drug-likeness (QED) is 0.271. The van der Waals surface area contributed by atoms with Crippen LogP contribution in [0, 0.1) is 0 Å². The Hall–Kier alpha value is -3.32. The highest BCUT2D eigenvalue weighted by Crippen LogP contribution is 2.42. The molecule has 0 aromatic heterocycles. The summed E-state index contributed by atoms with van der Waals surface area (Å²) in [4.78, 5) is 30.2. The number of ketones is 1. The van der Waals surface area contributed by atoms with Crippen LogP contribution in [0.4, 0.5) is 0 Å². The maximum absolute atomic E-state index is 13.2. The number of carbonyl (C=O) groups excluding carboxylic acids is 2. The maximum atomic E-state index is 13.2. The van der Waals surface area contributed by atoms with Gasteiger partial charge in [0.25, 0.3) is 11.7 Å². The Labute approximate surface area is 207 Å². The van der Waals surface area contributed by atoms with E-state index < -0.39 is 17.7 Å². The molecule has 1 aliphatic heterocycles. The lowest BCUT2D eigenvalue weighted by Gasteiger charge is -2.27. The molecule has 2 aromatic carbocycles. The van der Waals surface area contributed by atoms with E-state index in [1.54, 1.807) is 48.4 Å². The van der Waals surface area contributed by atoms with E-state index in [-0.39, 0.29) is 11.3 Å². The van der Waals surface area contributed by atoms with Gasteiger partial charge in [-0.05, 0) is 50.2 Å². The fourth-order valence-corrected chi connectivity index (χ4v) is 4.40. The number of rotatable bonds is 12. The first-order valence-corrected chi connectivity index (χ1v) is 12.3. The number of nitrogens with zero attached hydrogens (tertiary/aromatic N) is 2. The summed E-state index contributed by atoms with van der Waals surface area (Å²) in [7, 11) is 1.56. The average molecular weight is 481 g/mol. The summed E-state index contributed by atoms with van der Waals surface area (Å²) in [6, 6.07) is 13.5. The van der Waals surface area contributed by atoms with Crippen LogP contribution >= 0.6 is 0 Å². The molecule has 1 heterocycles. The molecule has 2 aromatic rings. The minimum absolute atomic E-state index is 0.0910. The lowest BCUT2D eigenvalue weighted by molar-refractivity contribution is -0.140. The van der Waals surface area contributed by atoms with Crippen LogP contribution in [-0.4, -0.2) is 66.5 Å².